The zero-order chi connectivity index (χ0) is 13.5. The maximum Gasteiger partial charge on any atom is 0.248 e. The van der Waals surface area contributed by atoms with Crippen LogP contribution in [0.4, 0.5) is 0 Å². The van der Waals surface area contributed by atoms with Crippen molar-refractivity contribution in [2.45, 2.75) is 6.42 Å². The first kappa shape index (κ1) is 13.4. The minimum absolute atomic E-state index is 0.0459. The largest absolute Gasteiger partial charge is 0.494 e. The van der Waals surface area contributed by atoms with Crippen LogP contribution in [0.2, 0.25) is 0 Å². The van der Waals surface area contributed by atoms with E-state index in [9.17, 15) is 4.79 Å². The van der Waals surface area contributed by atoms with Crippen molar-refractivity contribution in [3.05, 3.63) is 29.8 Å². The van der Waals surface area contributed by atoms with Gasteiger partial charge in [-0.15, -0.1) is 0 Å². The number of ether oxygens (including phenoxy) is 2. The fourth-order valence-electron chi connectivity index (χ4n) is 1.86. The molecule has 1 aliphatic heterocycles. The number of nitrogens with zero attached hydrogens (tertiary/aromatic N) is 2. The highest BCUT2D eigenvalue weighted by Crippen LogP contribution is 2.11. The molecule has 0 saturated carbocycles. The van der Waals surface area contributed by atoms with Crippen LogP contribution in [0.1, 0.15) is 12.0 Å². The SMILES string of the molecule is N#Cc1ccc(OCCCN2CCOCC2=O)cc1. The Kier molecular flexibility index (Phi) is 4.76. The molecule has 1 aromatic carbocycles. The van der Waals surface area contributed by atoms with E-state index in [0.717, 1.165) is 12.2 Å². The normalized spacial score (nSPS) is 15.1. The highest BCUT2D eigenvalue weighted by molar-refractivity contribution is 5.77. The fourth-order valence-corrected chi connectivity index (χ4v) is 1.86. The van der Waals surface area contributed by atoms with E-state index in [1.54, 1.807) is 29.2 Å². The van der Waals surface area contributed by atoms with Crippen molar-refractivity contribution in [1.29, 1.82) is 5.26 Å². The van der Waals surface area contributed by atoms with Crippen LogP contribution in [0.15, 0.2) is 24.3 Å². The molecule has 5 heteroatoms. The van der Waals surface area contributed by atoms with E-state index in [0.29, 0.717) is 31.9 Å². The quantitative estimate of drug-likeness (QED) is 0.746. The Hall–Kier alpha value is -2.06. The van der Waals surface area contributed by atoms with Crippen LogP contribution in [0.3, 0.4) is 0 Å². The molecule has 1 aliphatic rings. The summed E-state index contributed by atoms with van der Waals surface area (Å²) in [6, 6.07) is 9.06. The van der Waals surface area contributed by atoms with Gasteiger partial charge in [-0.2, -0.15) is 5.26 Å². The van der Waals surface area contributed by atoms with Gasteiger partial charge >= 0.3 is 0 Å². The Balaban J connectivity index is 1.68. The lowest BCUT2D eigenvalue weighted by Gasteiger charge is -2.26. The van der Waals surface area contributed by atoms with Crippen molar-refractivity contribution < 1.29 is 14.3 Å². The summed E-state index contributed by atoms with van der Waals surface area (Å²) >= 11 is 0. The van der Waals surface area contributed by atoms with Crippen LogP contribution < -0.4 is 4.74 Å². The Morgan fingerprint density at radius 3 is 2.84 bits per heavy atom. The smallest absolute Gasteiger partial charge is 0.248 e. The number of carbonyl (C=O) groups is 1. The van der Waals surface area contributed by atoms with Crippen molar-refractivity contribution in [3.63, 3.8) is 0 Å². The molecule has 2 rings (SSSR count). The van der Waals surface area contributed by atoms with Gasteiger partial charge in [0, 0.05) is 13.1 Å². The second-order valence-corrected chi connectivity index (χ2v) is 4.27. The maximum atomic E-state index is 11.5. The molecule has 19 heavy (non-hydrogen) atoms. The lowest BCUT2D eigenvalue weighted by atomic mass is 10.2. The molecule has 1 fully saturated rings. The third-order valence-corrected chi connectivity index (χ3v) is 2.91. The summed E-state index contributed by atoms with van der Waals surface area (Å²) in [6.07, 6.45) is 0.783. The van der Waals surface area contributed by atoms with Crippen molar-refractivity contribution in [3.8, 4) is 11.8 Å². The molecule has 0 atom stereocenters. The van der Waals surface area contributed by atoms with Gasteiger partial charge in [0.2, 0.25) is 5.91 Å². The van der Waals surface area contributed by atoms with E-state index >= 15 is 0 Å². The van der Waals surface area contributed by atoms with Crippen LogP contribution in [-0.4, -0.2) is 43.7 Å². The number of morpholine rings is 1. The average molecular weight is 260 g/mol. The highest BCUT2D eigenvalue weighted by Gasteiger charge is 2.17. The summed E-state index contributed by atoms with van der Waals surface area (Å²) in [5.41, 5.74) is 0.617. The first-order valence-electron chi connectivity index (χ1n) is 6.28. The zero-order valence-electron chi connectivity index (χ0n) is 10.7. The molecule has 1 amide bonds. The van der Waals surface area contributed by atoms with Crippen molar-refractivity contribution in [2.24, 2.45) is 0 Å². The average Bonchev–Trinajstić information content (AvgIpc) is 2.46. The number of hydrogen-bond donors (Lipinski definition) is 0. The summed E-state index contributed by atoms with van der Waals surface area (Å²) in [5, 5.41) is 8.67. The van der Waals surface area contributed by atoms with Crippen LogP contribution >= 0.6 is 0 Å². The van der Waals surface area contributed by atoms with Gasteiger partial charge in [0.1, 0.15) is 12.4 Å². The van der Waals surface area contributed by atoms with E-state index in [4.69, 9.17) is 14.7 Å². The van der Waals surface area contributed by atoms with Crippen molar-refractivity contribution in [1.82, 2.24) is 4.90 Å². The summed E-state index contributed by atoms with van der Waals surface area (Å²) < 4.78 is 10.6. The Labute approximate surface area is 112 Å². The molecular weight excluding hydrogens is 244 g/mol. The maximum absolute atomic E-state index is 11.5. The van der Waals surface area contributed by atoms with E-state index < -0.39 is 0 Å². The van der Waals surface area contributed by atoms with Gasteiger partial charge in [0.15, 0.2) is 0 Å². The molecule has 0 radical (unpaired) electrons. The summed E-state index contributed by atoms with van der Waals surface area (Å²) in [5.74, 6) is 0.789. The summed E-state index contributed by atoms with van der Waals surface area (Å²) in [6.45, 7) is 2.71. The second-order valence-electron chi connectivity index (χ2n) is 4.27. The molecule has 0 aromatic heterocycles. The van der Waals surface area contributed by atoms with Gasteiger partial charge in [-0.1, -0.05) is 0 Å². The molecule has 0 aliphatic carbocycles. The molecule has 1 saturated heterocycles. The Bertz CT molecular complexity index is 465. The third kappa shape index (κ3) is 3.97. The van der Waals surface area contributed by atoms with Crippen molar-refractivity contribution >= 4 is 5.91 Å². The van der Waals surface area contributed by atoms with E-state index in [2.05, 4.69) is 6.07 Å². The molecule has 5 nitrogen and oxygen atoms in total. The number of rotatable bonds is 5. The number of nitriles is 1. The van der Waals surface area contributed by atoms with Gasteiger partial charge in [-0.3, -0.25) is 4.79 Å². The summed E-state index contributed by atoms with van der Waals surface area (Å²) in [7, 11) is 0. The lowest BCUT2D eigenvalue weighted by molar-refractivity contribution is -0.142. The molecule has 1 aromatic rings. The van der Waals surface area contributed by atoms with E-state index in [1.807, 2.05) is 0 Å². The Morgan fingerprint density at radius 2 is 2.16 bits per heavy atom. The topological polar surface area (TPSA) is 62.6 Å². The van der Waals surface area contributed by atoms with Crippen LogP contribution in [0.25, 0.3) is 0 Å². The standard InChI is InChI=1S/C14H16N2O3/c15-10-12-2-4-13(5-3-12)19-8-1-6-16-7-9-18-11-14(16)17/h2-5H,1,6-9,11H2. The fraction of sp³-hybridized carbons (Fsp3) is 0.429. The molecular formula is C14H16N2O3. The number of carbonyl (C=O) groups excluding carboxylic acids is 1. The number of benzene rings is 1. The number of hydrogen-bond acceptors (Lipinski definition) is 4. The van der Waals surface area contributed by atoms with Gasteiger partial charge < -0.3 is 14.4 Å². The van der Waals surface area contributed by atoms with Gasteiger partial charge in [0.05, 0.1) is 24.8 Å². The molecule has 0 spiro atoms. The molecule has 0 N–H and O–H groups in total. The van der Waals surface area contributed by atoms with Crippen LogP contribution in [-0.2, 0) is 9.53 Å². The predicted octanol–water partition coefficient (Wildman–Crippen LogP) is 1.19. The molecule has 100 valence electrons. The van der Waals surface area contributed by atoms with Gasteiger partial charge in [0.25, 0.3) is 0 Å². The molecule has 0 unspecified atom stereocenters. The lowest BCUT2D eigenvalue weighted by Crippen LogP contribution is -2.42. The van der Waals surface area contributed by atoms with Gasteiger partial charge in [-0.05, 0) is 30.7 Å². The van der Waals surface area contributed by atoms with Gasteiger partial charge in [-0.25, -0.2) is 0 Å². The minimum atomic E-state index is 0.0459. The van der Waals surface area contributed by atoms with Crippen LogP contribution in [0, 0.1) is 11.3 Å². The Morgan fingerprint density at radius 1 is 1.37 bits per heavy atom. The van der Waals surface area contributed by atoms with E-state index in [-0.39, 0.29) is 12.5 Å². The first-order valence-corrected chi connectivity index (χ1v) is 6.28. The number of amides is 1. The van der Waals surface area contributed by atoms with Crippen molar-refractivity contribution in [2.75, 3.05) is 32.9 Å². The first-order chi connectivity index (χ1) is 9.29. The molecule has 0 bridgehead atoms. The predicted molar refractivity (Wildman–Crippen MR) is 68.7 cm³/mol. The zero-order valence-corrected chi connectivity index (χ0v) is 10.7. The second kappa shape index (κ2) is 6.76. The van der Waals surface area contributed by atoms with E-state index in [1.165, 1.54) is 0 Å². The highest BCUT2D eigenvalue weighted by atomic mass is 16.5. The third-order valence-electron chi connectivity index (χ3n) is 2.91. The van der Waals surface area contributed by atoms with Crippen LogP contribution in [0.5, 0.6) is 5.75 Å². The monoisotopic (exact) mass is 260 g/mol. The summed E-state index contributed by atoms with van der Waals surface area (Å²) in [4.78, 5) is 13.3. The minimum Gasteiger partial charge on any atom is -0.494 e. The molecule has 1 heterocycles.